The number of aliphatic hydroxyl groups is 1. The van der Waals surface area contributed by atoms with Crippen molar-refractivity contribution in [3.05, 3.63) is 83.4 Å². The second-order valence-electron chi connectivity index (χ2n) is 7.66. The molecule has 0 aromatic heterocycles. The topological polar surface area (TPSA) is 79.2 Å². The number of aromatic hydroxyl groups is 2. The summed E-state index contributed by atoms with van der Waals surface area (Å²) in [4.78, 5) is 0. The minimum Gasteiger partial charge on any atom is -0.508 e. The van der Waals surface area contributed by atoms with E-state index in [2.05, 4.69) is 0 Å². The molecule has 0 saturated heterocycles. The molecule has 0 radical (unpaired) electrons. The maximum Gasteiger partial charge on any atom is 0.422 e. The van der Waals surface area contributed by atoms with Crippen LogP contribution < -0.4 is 9.47 Å². The van der Waals surface area contributed by atoms with Gasteiger partial charge in [0, 0.05) is 11.6 Å². The Morgan fingerprint density at radius 2 is 1.52 bits per heavy atom. The van der Waals surface area contributed by atoms with Gasteiger partial charge in [-0.15, -0.1) is 11.6 Å². The first-order valence-electron chi connectivity index (χ1n) is 10.0. The molecular weight excluding hydrogens is 461 g/mol. The average molecular weight is 481 g/mol. The number of phenolic OH excluding ortho intramolecular Hbond substituents is 2. The van der Waals surface area contributed by atoms with E-state index < -0.39 is 29.4 Å². The van der Waals surface area contributed by atoms with E-state index in [1.165, 1.54) is 24.3 Å². The molecule has 4 rings (SSSR count). The Bertz CT molecular complexity index is 1120. The van der Waals surface area contributed by atoms with Gasteiger partial charge in [-0.3, -0.25) is 0 Å². The fourth-order valence-electron chi connectivity index (χ4n) is 4.11. The van der Waals surface area contributed by atoms with Crippen LogP contribution in [0.1, 0.15) is 28.7 Å². The van der Waals surface area contributed by atoms with E-state index in [-0.39, 0.29) is 35.3 Å². The molecule has 1 heterocycles. The molecular formula is C24H20ClF3O5. The van der Waals surface area contributed by atoms with E-state index in [0.717, 1.165) is 18.2 Å². The zero-order valence-corrected chi connectivity index (χ0v) is 17.8. The lowest BCUT2D eigenvalue weighted by atomic mass is 9.70. The van der Waals surface area contributed by atoms with Gasteiger partial charge in [0.05, 0.1) is 11.8 Å². The molecule has 1 aliphatic rings. The molecule has 1 aliphatic heterocycles. The fraction of sp³-hybridized carbons (Fsp3) is 0.250. The number of benzene rings is 3. The molecule has 33 heavy (non-hydrogen) atoms. The fourth-order valence-corrected chi connectivity index (χ4v) is 4.19. The second-order valence-corrected chi connectivity index (χ2v) is 8.04. The van der Waals surface area contributed by atoms with Gasteiger partial charge in [-0.1, -0.05) is 24.3 Å². The Morgan fingerprint density at radius 1 is 0.909 bits per heavy atom. The summed E-state index contributed by atoms with van der Waals surface area (Å²) in [7, 11) is 0. The molecule has 2 unspecified atom stereocenters. The van der Waals surface area contributed by atoms with Crippen LogP contribution in [0.5, 0.6) is 23.0 Å². The number of fused-ring (bicyclic) bond motifs is 1. The maximum absolute atomic E-state index is 14.6. The van der Waals surface area contributed by atoms with Crippen molar-refractivity contribution in [1.29, 1.82) is 0 Å². The Morgan fingerprint density at radius 3 is 2.12 bits per heavy atom. The van der Waals surface area contributed by atoms with E-state index >= 15 is 0 Å². The lowest BCUT2D eigenvalue weighted by Gasteiger charge is -2.46. The van der Waals surface area contributed by atoms with E-state index in [9.17, 15) is 28.5 Å². The van der Waals surface area contributed by atoms with Gasteiger partial charge in [0.2, 0.25) is 0 Å². The van der Waals surface area contributed by atoms with Crippen molar-refractivity contribution >= 4 is 11.6 Å². The SMILES string of the molecule is Oc1ccc(C2C(c3ccc(OCCCl)cc3)Oc3cc(O)ccc3[C@]2(O)C(F)(F)F)cc1. The summed E-state index contributed by atoms with van der Waals surface area (Å²) in [6.45, 7) is 0.261. The number of phenols is 2. The molecule has 0 amide bonds. The molecule has 3 N–H and O–H groups in total. The first-order chi connectivity index (χ1) is 15.6. The van der Waals surface area contributed by atoms with Gasteiger partial charge in [-0.05, 0) is 47.5 Å². The van der Waals surface area contributed by atoms with Crippen molar-refractivity contribution in [3.8, 4) is 23.0 Å². The highest BCUT2D eigenvalue weighted by atomic mass is 35.5. The summed E-state index contributed by atoms with van der Waals surface area (Å²) >= 11 is 5.62. The van der Waals surface area contributed by atoms with Gasteiger partial charge in [0.25, 0.3) is 0 Å². The number of hydrogen-bond donors (Lipinski definition) is 3. The minimum absolute atomic E-state index is 0.110. The maximum atomic E-state index is 14.6. The molecule has 0 bridgehead atoms. The highest BCUT2D eigenvalue weighted by Crippen LogP contribution is 2.60. The summed E-state index contributed by atoms with van der Waals surface area (Å²) in [5, 5.41) is 30.9. The molecule has 0 aliphatic carbocycles. The van der Waals surface area contributed by atoms with Crippen molar-refractivity contribution in [2.45, 2.75) is 23.8 Å². The molecule has 0 fully saturated rings. The summed E-state index contributed by atoms with van der Waals surface area (Å²) in [5.41, 5.74) is -3.39. The van der Waals surface area contributed by atoms with Crippen LogP contribution in [-0.2, 0) is 5.60 Å². The predicted molar refractivity (Wildman–Crippen MR) is 115 cm³/mol. The highest BCUT2D eigenvalue weighted by Gasteiger charge is 2.65. The zero-order chi connectivity index (χ0) is 23.8. The van der Waals surface area contributed by atoms with Crippen molar-refractivity contribution in [2.75, 3.05) is 12.5 Å². The van der Waals surface area contributed by atoms with E-state index in [4.69, 9.17) is 21.1 Å². The normalized spacial score (nSPS) is 22.3. The molecule has 9 heteroatoms. The van der Waals surface area contributed by atoms with E-state index in [0.29, 0.717) is 11.3 Å². The highest BCUT2D eigenvalue weighted by molar-refractivity contribution is 6.18. The standard InChI is InChI=1S/C24H20ClF3O5/c25-11-12-32-18-8-3-15(4-9-18)22-21(14-1-5-16(29)6-2-14)23(31,24(26,27)28)19-10-7-17(30)13-20(19)33-22/h1-10,13,21-22,29-31H,11-12H2/t21?,22?,23-/m1/s1. The molecule has 3 aromatic carbocycles. The third-order valence-electron chi connectivity index (χ3n) is 5.62. The lowest BCUT2D eigenvalue weighted by Crippen LogP contribution is -2.52. The Hall–Kier alpha value is -3.10. The molecule has 0 spiro atoms. The Kier molecular flexibility index (Phi) is 6.07. The Balaban J connectivity index is 1.91. The molecule has 3 atom stereocenters. The van der Waals surface area contributed by atoms with Gasteiger partial charge in [0.1, 0.15) is 35.7 Å². The molecule has 174 valence electrons. The van der Waals surface area contributed by atoms with Gasteiger partial charge in [0.15, 0.2) is 5.60 Å². The third kappa shape index (κ3) is 4.16. The number of halogens is 4. The van der Waals surface area contributed by atoms with Gasteiger partial charge in [-0.2, -0.15) is 13.2 Å². The van der Waals surface area contributed by atoms with E-state index in [1.54, 1.807) is 24.3 Å². The molecule has 3 aromatic rings. The number of ether oxygens (including phenoxy) is 2. The van der Waals surface area contributed by atoms with Crippen LogP contribution in [0.3, 0.4) is 0 Å². The van der Waals surface area contributed by atoms with Crippen molar-refractivity contribution in [2.24, 2.45) is 0 Å². The third-order valence-corrected chi connectivity index (χ3v) is 5.78. The summed E-state index contributed by atoms with van der Waals surface area (Å²) in [6.07, 6.45) is -6.37. The lowest BCUT2D eigenvalue weighted by molar-refractivity contribution is -0.288. The minimum atomic E-state index is -5.09. The largest absolute Gasteiger partial charge is 0.508 e. The van der Waals surface area contributed by atoms with Crippen LogP contribution >= 0.6 is 11.6 Å². The second kappa shape index (κ2) is 8.68. The first kappa shape index (κ1) is 23.1. The van der Waals surface area contributed by atoms with Gasteiger partial charge >= 0.3 is 6.18 Å². The zero-order valence-electron chi connectivity index (χ0n) is 17.1. The molecule has 0 saturated carbocycles. The van der Waals surface area contributed by atoms with Crippen molar-refractivity contribution < 1.29 is 38.0 Å². The van der Waals surface area contributed by atoms with Crippen LogP contribution in [0.4, 0.5) is 13.2 Å². The van der Waals surface area contributed by atoms with E-state index in [1.807, 2.05) is 0 Å². The summed E-state index contributed by atoms with van der Waals surface area (Å²) in [6, 6.07) is 14.5. The van der Waals surface area contributed by atoms with Gasteiger partial charge < -0.3 is 24.8 Å². The summed E-state index contributed by atoms with van der Waals surface area (Å²) in [5.74, 6) is -1.59. The van der Waals surface area contributed by atoms with Crippen molar-refractivity contribution in [3.63, 3.8) is 0 Å². The van der Waals surface area contributed by atoms with Crippen LogP contribution in [0.15, 0.2) is 66.7 Å². The first-order valence-corrected chi connectivity index (χ1v) is 10.6. The monoisotopic (exact) mass is 480 g/mol. The van der Waals surface area contributed by atoms with Crippen LogP contribution in [0.25, 0.3) is 0 Å². The quantitative estimate of drug-likeness (QED) is 0.427. The van der Waals surface area contributed by atoms with Crippen LogP contribution in [0.2, 0.25) is 0 Å². The number of rotatable bonds is 5. The summed E-state index contributed by atoms with van der Waals surface area (Å²) < 4.78 is 55.1. The predicted octanol–water partition coefficient (Wildman–Crippen LogP) is 5.38. The Labute approximate surface area is 192 Å². The average Bonchev–Trinajstić information content (AvgIpc) is 2.78. The number of hydrogen-bond acceptors (Lipinski definition) is 5. The smallest absolute Gasteiger partial charge is 0.422 e. The van der Waals surface area contributed by atoms with Crippen LogP contribution in [-0.4, -0.2) is 34.0 Å². The number of alkyl halides is 4. The molecule has 5 nitrogen and oxygen atoms in total. The van der Waals surface area contributed by atoms with Crippen LogP contribution in [0, 0.1) is 0 Å². The van der Waals surface area contributed by atoms with Gasteiger partial charge in [-0.25, -0.2) is 0 Å². The van der Waals surface area contributed by atoms with Crippen molar-refractivity contribution in [1.82, 2.24) is 0 Å².